The number of carbonyl (C=O) groups is 1. The summed E-state index contributed by atoms with van der Waals surface area (Å²) in [7, 11) is 4.64. The Balaban J connectivity index is 1.62. The highest BCUT2D eigenvalue weighted by molar-refractivity contribution is 7.80. The Bertz CT molecular complexity index is 923. The number of carbonyl (C=O) groups excluding carboxylic acids is 1. The average Bonchev–Trinajstić information content (AvgIpc) is 3.62. The molecule has 0 radical (unpaired) electrons. The number of thiocarbonyl (C=S) groups is 1. The summed E-state index contributed by atoms with van der Waals surface area (Å²) in [5.74, 6) is 1.64. The molecular formula is C22H26N4O4S. The van der Waals surface area contributed by atoms with E-state index in [-0.39, 0.29) is 12.1 Å². The van der Waals surface area contributed by atoms with Gasteiger partial charge in [-0.3, -0.25) is 9.78 Å². The normalized spacial score (nSPS) is 13.9. The molecule has 31 heavy (non-hydrogen) atoms. The molecule has 1 aliphatic carbocycles. The molecule has 3 rings (SSSR count). The molecule has 1 fully saturated rings. The highest BCUT2D eigenvalue weighted by Gasteiger charge is 2.32. The Kier molecular flexibility index (Phi) is 7.66. The Hall–Kier alpha value is -3.33. The maximum atomic E-state index is 12.5. The second kappa shape index (κ2) is 10.6. The fourth-order valence-electron chi connectivity index (χ4n) is 3.02. The van der Waals surface area contributed by atoms with Gasteiger partial charge in [-0.15, -0.1) is 0 Å². The monoisotopic (exact) mass is 442 g/mol. The van der Waals surface area contributed by atoms with Crippen molar-refractivity contribution in [2.75, 3.05) is 26.6 Å². The number of amides is 1. The third-order valence-corrected chi connectivity index (χ3v) is 4.93. The summed E-state index contributed by atoms with van der Waals surface area (Å²) in [4.78, 5) is 16.6. The van der Waals surface area contributed by atoms with Crippen LogP contribution in [0.3, 0.4) is 0 Å². The molecule has 8 nitrogen and oxygen atoms in total. The maximum Gasteiger partial charge on any atom is 0.245 e. The molecule has 1 saturated carbocycles. The van der Waals surface area contributed by atoms with Crippen molar-refractivity contribution < 1.29 is 19.0 Å². The quantitative estimate of drug-likeness (QED) is 0.310. The minimum Gasteiger partial charge on any atom is -0.493 e. The van der Waals surface area contributed by atoms with Crippen LogP contribution in [0, 0.1) is 5.92 Å². The first-order chi connectivity index (χ1) is 15.0. The molecule has 1 aromatic heterocycles. The van der Waals surface area contributed by atoms with Gasteiger partial charge in [0.15, 0.2) is 16.6 Å². The first-order valence-electron chi connectivity index (χ1n) is 9.80. The van der Waals surface area contributed by atoms with E-state index in [1.54, 1.807) is 51.9 Å². The van der Waals surface area contributed by atoms with Gasteiger partial charge in [0.25, 0.3) is 0 Å². The molecule has 1 aliphatic rings. The van der Waals surface area contributed by atoms with Crippen molar-refractivity contribution in [3.63, 3.8) is 0 Å². The van der Waals surface area contributed by atoms with E-state index in [0.29, 0.717) is 28.3 Å². The number of aromatic nitrogens is 1. The Morgan fingerprint density at radius 2 is 1.87 bits per heavy atom. The lowest BCUT2D eigenvalue weighted by Gasteiger charge is -2.21. The number of nitrogens with zero attached hydrogens (tertiary/aromatic N) is 1. The van der Waals surface area contributed by atoms with Gasteiger partial charge >= 0.3 is 0 Å². The second-order valence-corrected chi connectivity index (χ2v) is 7.36. The molecule has 1 heterocycles. The summed E-state index contributed by atoms with van der Waals surface area (Å²) >= 11 is 5.37. The van der Waals surface area contributed by atoms with Crippen molar-refractivity contribution >= 4 is 35.0 Å². The van der Waals surface area contributed by atoms with Gasteiger partial charge in [0.05, 0.1) is 33.2 Å². The number of rotatable bonds is 9. The van der Waals surface area contributed by atoms with Crippen LogP contribution >= 0.6 is 12.2 Å². The molecule has 0 saturated heterocycles. The van der Waals surface area contributed by atoms with Crippen LogP contribution in [-0.2, 0) is 4.79 Å². The molecule has 0 aliphatic heterocycles. The molecule has 164 valence electrons. The van der Waals surface area contributed by atoms with Crippen molar-refractivity contribution in [3.8, 4) is 17.2 Å². The third-order valence-electron chi connectivity index (χ3n) is 4.71. The van der Waals surface area contributed by atoms with E-state index in [2.05, 4.69) is 20.9 Å². The number of ether oxygens (including phenoxy) is 3. The molecule has 0 spiro atoms. The van der Waals surface area contributed by atoms with Crippen LogP contribution in [0.25, 0.3) is 6.08 Å². The van der Waals surface area contributed by atoms with Crippen LogP contribution in [0.1, 0.15) is 18.4 Å². The van der Waals surface area contributed by atoms with Gasteiger partial charge in [0.1, 0.15) is 6.17 Å². The Labute approximate surface area is 187 Å². The zero-order valence-electron chi connectivity index (χ0n) is 17.7. The fraction of sp³-hybridized carbons (Fsp3) is 0.318. The standard InChI is InChI=1S/C22H26N4O4S/c1-28-17-11-14(12-18(29-2)20(17)30-3)6-9-19(27)25-21(15-7-8-15)26-22(31)24-16-5-4-10-23-13-16/h4-6,9-13,15,21H,7-8H2,1-3H3,(H,25,27)(H2,24,26,31). The maximum absolute atomic E-state index is 12.5. The summed E-state index contributed by atoms with van der Waals surface area (Å²) in [6.07, 6.45) is 8.33. The first-order valence-corrected chi connectivity index (χ1v) is 10.2. The van der Waals surface area contributed by atoms with Crippen LogP contribution in [0.15, 0.2) is 42.7 Å². The molecule has 3 N–H and O–H groups in total. The fourth-order valence-corrected chi connectivity index (χ4v) is 3.26. The SMILES string of the molecule is COc1cc(C=CC(=O)NC(NC(=S)Nc2cccnc2)C2CC2)cc(OC)c1OC. The third kappa shape index (κ3) is 6.32. The van der Waals surface area contributed by atoms with Crippen molar-refractivity contribution in [1.82, 2.24) is 15.6 Å². The number of nitrogens with one attached hydrogen (secondary N) is 3. The topological polar surface area (TPSA) is 93.7 Å². The lowest BCUT2D eigenvalue weighted by molar-refractivity contribution is -0.117. The number of benzene rings is 1. The van der Waals surface area contributed by atoms with Crippen LogP contribution in [0.4, 0.5) is 5.69 Å². The lowest BCUT2D eigenvalue weighted by atomic mass is 10.1. The van der Waals surface area contributed by atoms with E-state index >= 15 is 0 Å². The highest BCUT2D eigenvalue weighted by Crippen LogP contribution is 2.38. The summed E-state index contributed by atoms with van der Waals surface area (Å²) in [5, 5.41) is 9.66. The van der Waals surface area contributed by atoms with Gasteiger partial charge in [-0.1, -0.05) is 0 Å². The molecule has 0 bridgehead atoms. The second-order valence-electron chi connectivity index (χ2n) is 6.96. The molecular weight excluding hydrogens is 416 g/mol. The van der Waals surface area contributed by atoms with E-state index < -0.39 is 0 Å². The molecule has 1 aromatic carbocycles. The Morgan fingerprint density at radius 1 is 1.16 bits per heavy atom. The van der Waals surface area contributed by atoms with Gasteiger partial charge in [0, 0.05) is 12.3 Å². The number of methoxy groups -OCH3 is 3. The first kappa shape index (κ1) is 22.4. The van der Waals surface area contributed by atoms with Crippen molar-refractivity contribution in [3.05, 3.63) is 48.3 Å². The Morgan fingerprint density at radius 3 is 2.42 bits per heavy atom. The summed E-state index contributed by atoms with van der Waals surface area (Å²) in [5.41, 5.74) is 1.53. The number of hydrogen-bond acceptors (Lipinski definition) is 6. The predicted molar refractivity (Wildman–Crippen MR) is 123 cm³/mol. The van der Waals surface area contributed by atoms with Crippen LogP contribution < -0.4 is 30.2 Å². The molecule has 1 amide bonds. The van der Waals surface area contributed by atoms with Crippen LogP contribution in [0.5, 0.6) is 17.2 Å². The number of anilines is 1. The average molecular weight is 443 g/mol. The largest absolute Gasteiger partial charge is 0.493 e. The minimum atomic E-state index is -0.256. The highest BCUT2D eigenvalue weighted by atomic mass is 32.1. The minimum absolute atomic E-state index is 0.234. The summed E-state index contributed by atoms with van der Waals surface area (Å²) in [6, 6.07) is 7.23. The molecule has 9 heteroatoms. The van der Waals surface area contributed by atoms with Gasteiger partial charge in [-0.2, -0.15) is 0 Å². The zero-order chi connectivity index (χ0) is 22.2. The van der Waals surface area contributed by atoms with E-state index in [9.17, 15) is 4.79 Å². The van der Waals surface area contributed by atoms with Crippen LogP contribution in [0.2, 0.25) is 0 Å². The summed E-state index contributed by atoms with van der Waals surface area (Å²) < 4.78 is 16.0. The van der Waals surface area contributed by atoms with E-state index in [1.165, 1.54) is 6.08 Å². The predicted octanol–water partition coefficient (Wildman–Crippen LogP) is 2.96. The molecule has 1 unspecified atom stereocenters. The van der Waals surface area contributed by atoms with Crippen molar-refractivity contribution in [1.29, 1.82) is 0 Å². The smallest absolute Gasteiger partial charge is 0.245 e. The van der Waals surface area contributed by atoms with Gasteiger partial charge in [-0.25, -0.2) is 0 Å². The van der Waals surface area contributed by atoms with E-state index in [0.717, 1.165) is 24.1 Å². The van der Waals surface area contributed by atoms with Gasteiger partial charge in [-0.05, 0) is 66.9 Å². The van der Waals surface area contributed by atoms with E-state index in [4.69, 9.17) is 26.4 Å². The number of pyridine rings is 1. The van der Waals surface area contributed by atoms with Crippen LogP contribution in [-0.4, -0.2) is 43.5 Å². The van der Waals surface area contributed by atoms with E-state index in [1.807, 2.05) is 12.1 Å². The zero-order valence-corrected chi connectivity index (χ0v) is 18.5. The lowest BCUT2D eigenvalue weighted by Crippen LogP contribution is -2.50. The van der Waals surface area contributed by atoms with Crippen molar-refractivity contribution in [2.45, 2.75) is 19.0 Å². The number of hydrogen-bond donors (Lipinski definition) is 3. The molecule has 2 aromatic rings. The van der Waals surface area contributed by atoms with Gasteiger partial charge in [0.2, 0.25) is 11.7 Å². The summed E-state index contributed by atoms with van der Waals surface area (Å²) in [6.45, 7) is 0. The van der Waals surface area contributed by atoms with Crippen molar-refractivity contribution in [2.24, 2.45) is 5.92 Å². The van der Waals surface area contributed by atoms with Gasteiger partial charge < -0.3 is 30.2 Å². The molecule has 1 atom stereocenters.